The maximum absolute atomic E-state index is 12.6. The summed E-state index contributed by atoms with van der Waals surface area (Å²) in [4.78, 5) is 14.4. The second kappa shape index (κ2) is 6.75. The van der Waals surface area contributed by atoms with Gasteiger partial charge in [0.1, 0.15) is 6.10 Å². The Hall–Kier alpha value is -0.810. The number of hydrogen-bond acceptors (Lipinski definition) is 3. The zero-order chi connectivity index (χ0) is 15.7. The maximum Gasteiger partial charge on any atom is 0.228 e. The number of ether oxygens (including phenoxy) is 1. The third kappa shape index (κ3) is 3.25. The van der Waals surface area contributed by atoms with Crippen molar-refractivity contribution in [3.8, 4) is 0 Å². The van der Waals surface area contributed by atoms with E-state index in [9.17, 15) is 9.90 Å². The zero-order valence-electron chi connectivity index (χ0n) is 12.2. The lowest BCUT2D eigenvalue weighted by Crippen LogP contribution is -2.46. The standard InChI is InChI=1S/C16H19Cl2NO3/c17-12-5-4-10(8-13(12)18)15-9-19(6-7-22-15)16(21)11-2-1-3-14(11)20/h4-5,8,11,14-15,20H,1-3,6-7,9H2. The van der Waals surface area contributed by atoms with Crippen LogP contribution in [0.3, 0.4) is 0 Å². The molecule has 0 radical (unpaired) electrons. The van der Waals surface area contributed by atoms with Crippen LogP contribution < -0.4 is 0 Å². The Bertz CT molecular complexity index is 566. The summed E-state index contributed by atoms with van der Waals surface area (Å²) in [5.41, 5.74) is 0.916. The van der Waals surface area contributed by atoms with Crippen molar-refractivity contribution in [3.05, 3.63) is 33.8 Å². The molecule has 6 heteroatoms. The molecule has 3 atom stereocenters. The Morgan fingerprint density at radius 3 is 2.77 bits per heavy atom. The van der Waals surface area contributed by atoms with Crippen LogP contribution in [0.2, 0.25) is 10.0 Å². The minimum absolute atomic E-state index is 0.0401. The molecule has 0 bridgehead atoms. The van der Waals surface area contributed by atoms with Crippen molar-refractivity contribution in [2.75, 3.05) is 19.7 Å². The van der Waals surface area contributed by atoms with E-state index < -0.39 is 6.10 Å². The number of aliphatic hydroxyl groups excluding tert-OH is 1. The van der Waals surface area contributed by atoms with Gasteiger partial charge < -0.3 is 14.7 Å². The summed E-state index contributed by atoms with van der Waals surface area (Å²) in [5.74, 6) is -0.217. The van der Waals surface area contributed by atoms with E-state index in [1.54, 1.807) is 17.0 Å². The summed E-state index contributed by atoms with van der Waals surface area (Å²) in [6.45, 7) is 1.54. The first kappa shape index (κ1) is 16.1. The lowest BCUT2D eigenvalue weighted by atomic mass is 10.0. The van der Waals surface area contributed by atoms with Gasteiger partial charge in [-0.2, -0.15) is 0 Å². The van der Waals surface area contributed by atoms with Crippen molar-refractivity contribution in [2.24, 2.45) is 5.92 Å². The third-order valence-corrected chi connectivity index (χ3v) is 5.23. The molecule has 1 saturated heterocycles. The van der Waals surface area contributed by atoms with Gasteiger partial charge in [0.25, 0.3) is 0 Å². The Labute approximate surface area is 140 Å². The average molecular weight is 344 g/mol. The molecule has 1 heterocycles. The van der Waals surface area contributed by atoms with E-state index in [1.807, 2.05) is 6.07 Å². The third-order valence-electron chi connectivity index (χ3n) is 4.49. The molecule has 1 aliphatic heterocycles. The molecule has 1 amide bonds. The normalized spacial score (nSPS) is 28.9. The fraction of sp³-hybridized carbons (Fsp3) is 0.562. The van der Waals surface area contributed by atoms with Gasteiger partial charge in [-0.3, -0.25) is 4.79 Å². The summed E-state index contributed by atoms with van der Waals surface area (Å²) in [6.07, 6.45) is 1.70. The SMILES string of the molecule is O=C(C1CCCC1O)N1CCOC(c2ccc(Cl)c(Cl)c2)C1. The van der Waals surface area contributed by atoms with E-state index >= 15 is 0 Å². The first-order valence-electron chi connectivity index (χ1n) is 7.59. The molecule has 0 spiro atoms. The molecule has 1 aromatic carbocycles. The van der Waals surface area contributed by atoms with E-state index in [1.165, 1.54) is 0 Å². The molecule has 1 saturated carbocycles. The smallest absolute Gasteiger partial charge is 0.228 e. The van der Waals surface area contributed by atoms with Crippen molar-refractivity contribution >= 4 is 29.1 Å². The van der Waals surface area contributed by atoms with Crippen LogP contribution in [-0.4, -0.2) is 41.7 Å². The summed E-state index contributed by atoms with van der Waals surface area (Å²) in [5, 5.41) is 10.9. The molecule has 1 N–H and O–H groups in total. The number of morpholine rings is 1. The highest BCUT2D eigenvalue weighted by Crippen LogP contribution is 2.31. The van der Waals surface area contributed by atoms with Crippen molar-refractivity contribution in [1.29, 1.82) is 0 Å². The van der Waals surface area contributed by atoms with Crippen LogP contribution in [0.15, 0.2) is 18.2 Å². The van der Waals surface area contributed by atoms with Gasteiger partial charge in [-0.05, 0) is 37.0 Å². The number of carbonyl (C=O) groups excluding carboxylic acids is 1. The monoisotopic (exact) mass is 343 g/mol. The Kier molecular flexibility index (Phi) is 4.93. The Morgan fingerprint density at radius 1 is 1.27 bits per heavy atom. The van der Waals surface area contributed by atoms with E-state index in [0.29, 0.717) is 29.7 Å². The van der Waals surface area contributed by atoms with E-state index in [0.717, 1.165) is 24.8 Å². The molecule has 120 valence electrons. The summed E-state index contributed by atoms with van der Waals surface area (Å²) in [6, 6.07) is 5.40. The highest BCUT2D eigenvalue weighted by atomic mass is 35.5. The molecule has 0 aromatic heterocycles. The van der Waals surface area contributed by atoms with Crippen LogP contribution in [0.1, 0.15) is 30.9 Å². The van der Waals surface area contributed by atoms with Crippen LogP contribution >= 0.6 is 23.2 Å². The van der Waals surface area contributed by atoms with Crippen LogP contribution in [0.5, 0.6) is 0 Å². The highest BCUT2D eigenvalue weighted by molar-refractivity contribution is 6.42. The van der Waals surface area contributed by atoms with E-state index in [-0.39, 0.29) is 17.9 Å². The fourth-order valence-corrected chi connectivity index (χ4v) is 3.53. The molecule has 3 unspecified atom stereocenters. The molecule has 22 heavy (non-hydrogen) atoms. The minimum Gasteiger partial charge on any atom is -0.392 e. The highest BCUT2D eigenvalue weighted by Gasteiger charge is 2.36. The Morgan fingerprint density at radius 2 is 2.09 bits per heavy atom. The number of rotatable bonds is 2. The summed E-state index contributed by atoms with van der Waals surface area (Å²) in [7, 11) is 0. The molecule has 1 aromatic rings. The number of nitrogens with zero attached hydrogens (tertiary/aromatic N) is 1. The first-order chi connectivity index (χ1) is 10.6. The number of halogens is 2. The van der Waals surface area contributed by atoms with Crippen molar-refractivity contribution in [2.45, 2.75) is 31.5 Å². The molecular formula is C16H19Cl2NO3. The van der Waals surface area contributed by atoms with Crippen molar-refractivity contribution in [1.82, 2.24) is 4.90 Å². The lowest BCUT2D eigenvalue weighted by Gasteiger charge is -2.35. The lowest BCUT2D eigenvalue weighted by molar-refractivity contribution is -0.146. The molecular weight excluding hydrogens is 325 g/mol. The van der Waals surface area contributed by atoms with Gasteiger partial charge in [-0.25, -0.2) is 0 Å². The van der Waals surface area contributed by atoms with E-state index in [2.05, 4.69) is 0 Å². The van der Waals surface area contributed by atoms with Gasteiger partial charge in [-0.15, -0.1) is 0 Å². The predicted octanol–water partition coefficient (Wildman–Crippen LogP) is 3.05. The molecule has 4 nitrogen and oxygen atoms in total. The minimum atomic E-state index is -0.501. The van der Waals surface area contributed by atoms with Gasteiger partial charge in [0.05, 0.1) is 35.2 Å². The van der Waals surface area contributed by atoms with Crippen molar-refractivity contribution < 1.29 is 14.6 Å². The molecule has 2 aliphatic rings. The topological polar surface area (TPSA) is 49.8 Å². The van der Waals surface area contributed by atoms with Crippen molar-refractivity contribution in [3.63, 3.8) is 0 Å². The molecule has 2 fully saturated rings. The molecule has 1 aliphatic carbocycles. The van der Waals surface area contributed by atoms with Gasteiger partial charge in [0, 0.05) is 6.54 Å². The molecule has 3 rings (SSSR count). The van der Waals surface area contributed by atoms with Gasteiger partial charge in [-0.1, -0.05) is 29.3 Å². The largest absolute Gasteiger partial charge is 0.392 e. The number of hydrogen-bond donors (Lipinski definition) is 1. The quantitative estimate of drug-likeness (QED) is 0.897. The second-order valence-corrected chi connectivity index (χ2v) is 6.74. The number of benzene rings is 1. The number of carbonyl (C=O) groups is 1. The van der Waals surface area contributed by atoms with Crippen LogP contribution in [0.25, 0.3) is 0 Å². The van der Waals surface area contributed by atoms with Crippen LogP contribution in [0.4, 0.5) is 0 Å². The summed E-state index contributed by atoms with van der Waals surface area (Å²) < 4.78 is 5.77. The van der Waals surface area contributed by atoms with Gasteiger partial charge >= 0.3 is 0 Å². The maximum atomic E-state index is 12.6. The second-order valence-electron chi connectivity index (χ2n) is 5.92. The van der Waals surface area contributed by atoms with Gasteiger partial charge in [0.2, 0.25) is 5.91 Å². The zero-order valence-corrected chi connectivity index (χ0v) is 13.7. The Balaban J connectivity index is 1.71. The number of amides is 1. The average Bonchev–Trinajstić information content (AvgIpc) is 2.95. The fourth-order valence-electron chi connectivity index (χ4n) is 3.23. The summed E-state index contributed by atoms with van der Waals surface area (Å²) >= 11 is 12.0. The van der Waals surface area contributed by atoms with Gasteiger partial charge in [0.15, 0.2) is 0 Å². The van der Waals surface area contributed by atoms with Crippen LogP contribution in [0, 0.1) is 5.92 Å². The number of aliphatic hydroxyl groups is 1. The van der Waals surface area contributed by atoms with Crippen LogP contribution in [-0.2, 0) is 9.53 Å². The van der Waals surface area contributed by atoms with E-state index in [4.69, 9.17) is 27.9 Å². The first-order valence-corrected chi connectivity index (χ1v) is 8.35. The predicted molar refractivity (Wildman–Crippen MR) is 85.1 cm³/mol.